The zero-order chi connectivity index (χ0) is 26.0. The first-order valence-corrected chi connectivity index (χ1v) is 14.7. The highest BCUT2D eigenvalue weighted by Gasteiger charge is 2.28. The summed E-state index contributed by atoms with van der Waals surface area (Å²) in [6.07, 6.45) is 0.910. The van der Waals surface area contributed by atoms with E-state index in [9.17, 15) is 18.5 Å². The molecular formula is C24H24N6O4S3. The average molecular weight is 557 g/mol. The van der Waals surface area contributed by atoms with Gasteiger partial charge in [0.2, 0.25) is 15.2 Å². The number of nitro groups is 1. The van der Waals surface area contributed by atoms with Gasteiger partial charge in [0, 0.05) is 66.7 Å². The summed E-state index contributed by atoms with van der Waals surface area (Å²) >= 11 is 2.78. The van der Waals surface area contributed by atoms with Crippen LogP contribution in [0.5, 0.6) is 0 Å². The van der Waals surface area contributed by atoms with Crippen LogP contribution in [0.4, 0.5) is 10.8 Å². The van der Waals surface area contributed by atoms with Crippen LogP contribution in [0, 0.1) is 17.0 Å². The monoisotopic (exact) mass is 556 g/mol. The lowest BCUT2D eigenvalue weighted by Crippen LogP contribution is -2.35. The molecule has 0 spiro atoms. The molecule has 13 heteroatoms. The molecular weight excluding hydrogens is 533 g/mol. The van der Waals surface area contributed by atoms with Crippen LogP contribution in [-0.2, 0) is 16.4 Å². The first-order valence-electron chi connectivity index (χ1n) is 11.6. The number of rotatable bonds is 7. The summed E-state index contributed by atoms with van der Waals surface area (Å²) in [6, 6.07) is 13.4. The fraction of sp³-hybridized carbons (Fsp3) is 0.292. The molecule has 0 N–H and O–H groups in total. The number of sulfonamides is 1. The summed E-state index contributed by atoms with van der Waals surface area (Å²) in [5.41, 5.74) is 2.33. The lowest BCUT2D eigenvalue weighted by Gasteiger charge is -2.21. The number of aryl methyl sites for hydroxylation is 1. The molecule has 0 bridgehead atoms. The molecule has 0 aliphatic carbocycles. The molecule has 1 aliphatic heterocycles. The van der Waals surface area contributed by atoms with Gasteiger partial charge in [0.25, 0.3) is 5.69 Å². The maximum absolute atomic E-state index is 13.3. The fourth-order valence-corrected chi connectivity index (χ4v) is 7.05. The largest absolute Gasteiger partial charge is 0.345 e. The van der Waals surface area contributed by atoms with Crippen molar-refractivity contribution in [2.45, 2.75) is 24.7 Å². The molecule has 1 aliphatic rings. The number of thiazole rings is 1. The van der Waals surface area contributed by atoms with Crippen molar-refractivity contribution in [2.75, 3.05) is 31.1 Å². The topological polar surface area (TPSA) is 122 Å². The minimum absolute atomic E-state index is 0.0456. The van der Waals surface area contributed by atoms with Crippen molar-refractivity contribution in [2.24, 2.45) is 0 Å². The van der Waals surface area contributed by atoms with Crippen LogP contribution in [0.15, 0.2) is 58.8 Å². The van der Waals surface area contributed by atoms with Crippen molar-refractivity contribution in [3.63, 3.8) is 0 Å². The predicted octanol–water partition coefficient (Wildman–Crippen LogP) is 4.37. The Morgan fingerprint density at radius 3 is 2.54 bits per heavy atom. The number of hydrogen-bond acceptors (Lipinski definition) is 10. The lowest BCUT2D eigenvalue weighted by molar-refractivity contribution is -0.385. The van der Waals surface area contributed by atoms with Gasteiger partial charge in [0.05, 0.1) is 20.5 Å². The van der Waals surface area contributed by atoms with Gasteiger partial charge in [-0.15, -0.1) is 11.3 Å². The van der Waals surface area contributed by atoms with Crippen LogP contribution in [0.1, 0.15) is 22.8 Å². The number of nitrogens with zero attached hydrogens (tertiary/aromatic N) is 6. The standard InChI is InChI=1S/C24H24N6O4S3/c1-17-25-21(16-35-17)18-7-9-20(10-8-18)37(33,34)29-12-4-11-28(13-14-29)24-26-23(27-36-24)15-19-5-2-3-6-22(19)30(31)32/h2-3,5-10,16H,4,11-15H2,1H3. The third kappa shape index (κ3) is 5.54. The normalized spacial score (nSPS) is 15.0. The molecule has 1 saturated heterocycles. The third-order valence-corrected chi connectivity index (χ3v) is 9.63. The van der Waals surface area contributed by atoms with E-state index in [-0.39, 0.29) is 17.0 Å². The van der Waals surface area contributed by atoms with Gasteiger partial charge in [-0.1, -0.05) is 30.3 Å². The summed E-state index contributed by atoms with van der Waals surface area (Å²) in [7, 11) is -3.64. The van der Waals surface area contributed by atoms with E-state index >= 15 is 0 Å². The van der Waals surface area contributed by atoms with Crippen molar-refractivity contribution in [3.05, 3.63) is 80.4 Å². The Morgan fingerprint density at radius 1 is 1.03 bits per heavy atom. The van der Waals surface area contributed by atoms with Gasteiger partial charge < -0.3 is 4.90 Å². The second-order valence-corrected chi connectivity index (χ2v) is 12.3. The van der Waals surface area contributed by atoms with E-state index in [0.29, 0.717) is 49.1 Å². The Kier molecular flexibility index (Phi) is 7.29. The molecule has 0 radical (unpaired) electrons. The summed E-state index contributed by atoms with van der Waals surface area (Å²) in [4.78, 5) is 22.3. The average Bonchev–Trinajstić information content (AvgIpc) is 3.46. The van der Waals surface area contributed by atoms with Crippen LogP contribution in [0.2, 0.25) is 0 Å². The molecule has 37 heavy (non-hydrogen) atoms. The summed E-state index contributed by atoms with van der Waals surface area (Å²) in [5.74, 6) is 0.512. The van der Waals surface area contributed by atoms with E-state index in [1.165, 1.54) is 21.9 Å². The molecule has 2 aromatic carbocycles. The Bertz CT molecular complexity index is 1520. The quantitative estimate of drug-likeness (QED) is 0.243. The van der Waals surface area contributed by atoms with Crippen molar-refractivity contribution in [1.29, 1.82) is 0 Å². The van der Waals surface area contributed by atoms with Crippen LogP contribution in [0.3, 0.4) is 0 Å². The number of benzene rings is 2. The third-order valence-electron chi connectivity index (χ3n) is 6.13. The van der Waals surface area contributed by atoms with Crippen LogP contribution >= 0.6 is 22.9 Å². The number of anilines is 1. The molecule has 3 heterocycles. The van der Waals surface area contributed by atoms with Gasteiger partial charge >= 0.3 is 0 Å². The molecule has 0 unspecified atom stereocenters. The van der Waals surface area contributed by atoms with Crippen LogP contribution in [0.25, 0.3) is 11.3 Å². The Hall–Kier alpha value is -3.26. The van der Waals surface area contributed by atoms with E-state index in [1.807, 2.05) is 17.2 Å². The maximum atomic E-state index is 13.3. The van der Waals surface area contributed by atoms with E-state index in [2.05, 4.69) is 14.3 Å². The molecule has 0 saturated carbocycles. The van der Waals surface area contributed by atoms with Crippen LogP contribution in [-0.4, -0.2) is 58.2 Å². The molecule has 0 atom stereocenters. The number of nitro benzene ring substituents is 1. The lowest BCUT2D eigenvalue weighted by atomic mass is 10.1. The Morgan fingerprint density at radius 2 is 1.81 bits per heavy atom. The molecule has 0 amide bonds. The van der Waals surface area contributed by atoms with E-state index < -0.39 is 14.9 Å². The van der Waals surface area contributed by atoms with Crippen molar-refractivity contribution < 1.29 is 13.3 Å². The van der Waals surface area contributed by atoms with E-state index in [4.69, 9.17) is 0 Å². The molecule has 192 valence electrons. The van der Waals surface area contributed by atoms with Gasteiger partial charge in [-0.3, -0.25) is 10.1 Å². The Labute approximate surface area is 222 Å². The number of aromatic nitrogens is 3. The van der Waals surface area contributed by atoms with Crippen molar-refractivity contribution in [3.8, 4) is 11.3 Å². The minimum Gasteiger partial charge on any atom is -0.345 e. The highest BCUT2D eigenvalue weighted by Crippen LogP contribution is 2.27. The smallest absolute Gasteiger partial charge is 0.273 e. The van der Waals surface area contributed by atoms with Gasteiger partial charge in [-0.25, -0.2) is 18.4 Å². The molecule has 5 rings (SSSR count). The predicted molar refractivity (Wildman–Crippen MR) is 144 cm³/mol. The van der Waals surface area contributed by atoms with E-state index in [1.54, 1.807) is 53.8 Å². The highest BCUT2D eigenvalue weighted by atomic mass is 32.2. The van der Waals surface area contributed by atoms with Crippen molar-refractivity contribution >= 4 is 43.7 Å². The van der Waals surface area contributed by atoms with Crippen molar-refractivity contribution in [1.82, 2.24) is 18.6 Å². The van der Waals surface area contributed by atoms with Crippen LogP contribution < -0.4 is 4.90 Å². The Balaban J connectivity index is 1.26. The molecule has 4 aromatic rings. The number of para-hydroxylation sites is 1. The summed E-state index contributed by atoms with van der Waals surface area (Å²) in [6.45, 7) is 3.81. The summed E-state index contributed by atoms with van der Waals surface area (Å²) in [5, 5.41) is 14.9. The summed E-state index contributed by atoms with van der Waals surface area (Å²) < 4.78 is 32.6. The second kappa shape index (κ2) is 10.6. The molecule has 1 fully saturated rings. The maximum Gasteiger partial charge on any atom is 0.273 e. The SMILES string of the molecule is Cc1nc(-c2ccc(S(=O)(=O)N3CCCN(c4nc(Cc5ccccc5[N+](=O)[O-])ns4)CC3)cc2)cs1. The van der Waals surface area contributed by atoms with Gasteiger partial charge in [0.15, 0.2) is 0 Å². The minimum atomic E-state index is -3.64. The van der Waals surface area contributed by atoms with E-state index in [0.717, 1.165) is 16.3 Å². The first kappa shape index (κ1) is 25.4. The van der Waals surface area contributed by atoms with Gasteiger partial charge in [0.1, 0.15) is 5.82 Å². The molecule has 2 aromatic heterocycles. The second-order valence-electron chi connectivity index (χ2n) is 8.58. The fourth-order valence-electron chi connectivity index (χ4n) is 4.22. The number of hydrogen-bond donors (Lipinski definition) is 0. The first-order chi connectivity index (χ1) is 17.8. The van der Waals surface area contributed by atoms with Gasteiger partial charge in [-0.05, 0) is 25.5 Å². The van der Waals surface area contributed by atoms with Gasteiger partial charge in [-0.2, -0.15) is 8.68 Å². The zero-order valence-corrected chi connectivity index (χ0v) is 22.4. The molecule has 10 nitrogen and oxygen atoms in total. The highest BCUT2D eigenvalue weighted by molar-refractivity contribution is 7.89. The zero-order valence-electron chi connectivity index (χ0n) is 20.0.